The Balaban J connectivity index is 2.28. The summed E-state index contributed by atoms with van der Waals surface area (Å²) in [6, 6.07) is 0. The van der Waals surface area contributed by atoms with Crippen molar-refractivity contribution in [2.75, 3.05) is 6.61 Å². The second-order valence-electron chi connectivity index (χ2n) is 9.11. The van der Waals surface area contributed by atoms with E-state index in [4.69, 9.17) is 5.11 Å². The van der Waals surface area contributed by atoms with E-state index in [2.05, 4.69) is 50.5 Å². The Morgan fingerprint density at radius 3 is 2.43 bits per heavy atom. The molecule has 0 radical (unpaired) electrons. The smallest absolute Gasteiger partial charge is 0.0653 e. The van der Waals surface area contributed by atoms with Crippen LogP contribution in [-0.4, -0.2) is 27.2 Å². The van der Waals surface area contributed by atoms with Crippen molar-refractivity contribution >= 4 is 15.9 Å². The van der Waals surface area contributed by atoms with Gasteiger partial charge in [-0.15, -0.1) is 0 Å². The minimum Gasteiger partial charge on any atom is -0.392 e. The van der Waals surface area contributed by atoms with E-state index in [1.54, 1.807) is 0 Å². The maximum Gasteiger partial charge on any atom is 0.0653 e. The summed E-state index contributed by atoms with van der Waals surface area (Å²) in [5, 5.41) is 20.2. The van der Waals surface area contributed by atoms with Gasteiger partial charge in [0, 0.05) is 4.83 Å². The van der Waals surface area contributed by atoms with Crippen LogP contribution < -0.4 is 0 Å². The molecule has 0 aromatic heterocycles. The standard InChI is InChI=1S/C20H35BrO2/c1-14(10-13-22)6-7-16-19(4)11-9-17(21)18(2,3)15(19)8-12-20(16,5)23/h10,15-17,22-23H,6-9,11-13H2,1-5H3/b14-10+/t15?,16-,17+,19+,20+/m1/s1. The van der Waals surface area contributed by atoms with E-state index in [-0.39, 0.29) is 17.4 Å². The summed E-state index contributed by atoms with van der Waals surface area (Å²) >= 11 is 3.93. The molecule has 0 spiro atoms. The Kier molecular flexibility index (Phi) is 5.76. The fourth-order valence-electron chi connectivity index (χ4n) is 5.76. The van der Waals surface area contributed by atoms with Gasteiger partial charge >= 0.3 is 0 Å². The molecular weight excluding hydrogens is 352 g/mol. The third-order valence-corrected chi connectivity index (χ3v) is 8.83. The fourth-order valence-corrected chi connectivity index (χ4v) is 6.31. The van der Waals surface area contributed by atoms with Crippen molar-refractivity contribution in [3.05, 3.63) is 11.6 Å². The number of hydrogen-bond acceptors (Lipinski definition) is 2. The van der Waals surface area contributed by atoms with Gasteiger partial charge in [0.1, 0.15) is 0 Å². The maximum absolute atomic E-state index is 11.1. The molecule has 0 aromatic rings. The maximum atomic E-state index is 11.1. The number of fused-ring (bicyclic) bond motifs is 1. The van der Waals surface area contributed by atoms with Gasteiger partial charge in [0.05, 0.1) is 12.2 Å². The van der Waals surface area contributed by atoms with Crippen molar-refractivity contribution in [1.82, 2.24) is 0 Å². The zero-order valence-electron chi connectivity index (χ0n) is 15.5. The molecule has 2 rings (SSSR count). The second-order valence-corrected chi connectivity index (χ2v) is 10.2. The first-order valence-electron chi connectivity index (χ1n) is 9.18. The minimum absolute atomic E-state index is 0.116. The SMILES string of the molecule is C/C(=C\CO)CC[C@H]1[C@@](C)(O)CCC2C(C)(C)[C@@H](Br)CC[C@@]21C. The summed E-state index contributed by atoms with van der Waals surface area (Å²) < 4.78 is 0. The average molecular weight is 387 g/mol. The van der Waals surface area contributed by atoms with Crippen molar-refractivity contribution < 1.29 is 10.2 Å². The van der Waals surface area contributed by atoms with Gasteiger partial charge in [-0.2, -0.15) is 0 Å². The molecule has 2 N–H and O–H groups in total. The Morgan fingerprint density at radius 1 is 1.17 bits per heavy atom. The highest BCUT2D eigenvalue weighted by Gasteiger charge is 2.59. The lowest BCUT2D eigenvalue weighted by Crippen LogP contribution is -2.59. The van der Waals surface area contributed by atoms with Gasteiger partial charge in [-0.3, -0.25) is 0 Å². The molecule has 0 aromatic carbocycles. The van der Waals surface area contributed by atoms with Crippen molar-refractivity contribution in [3.63, 3.8) is 0 Å². The van der Waals surface area contributed by atoms with Crippen LogP contribution in [0.4, 0.5) is 0 Å². The largest absolute Gasteiger partial charge is 0.392 e. The first-order chi connectivity index (χ1) is 10.6. The molecule has 0 bridgehead atoms. The summed E-state index contributed by atoms with van der Waals surface area (Å²) in [4.78, 5) is 0.577. The lowest BCUT2D eigenvalue weighted by atomic mass is 9.45. The molecule has 0 heterocycles. The van der Waals surface area contributed by atoms with Crippen LogP contribution in [0.1, 0.15) is 73.1 Å². The van der Waals surface area contributed by atoms with Gasteiger partial charge in [0.15, 0.2) is 0 Å². The number of allylic oxidation sites excluding steroid dienone is 1. The van der Waals surface area contributed by atoms with Gasteiger partial charge in [-0.25, -0.2) is 0 Å². The predicted octanol–water partition coefficient (Wildman–Crippen LogP) is 5.07. The molecule has 2 aliphatic carbocycles. The highest BCUT2D eigenvalue weighted by molar-refractivity contribution is 9.09. The van der Waals surface area contributed by atoms with Crippen LogP contribution in [0.15, 0.2) is 11.6 Å². The fraction of sp³-hybridized carbons (Fsp3) is 0.900. The summed E-state index contributed by atoms with van der Waals surface area (Å²) in [7, 11) is 0. The lowest BCUT2D eigenvalue weighted by molar-refractivity contribution is -0.166. The van der Waals surface area contributed by atoms with Crippen molar-refractivity contribution in [1.29, 1.82) is 0 Å². The van der Waals surface area contributed by atoms with Crippen LogP contribution >= 0.6 is 15.9 Å². The lowest BCUT2D eigenvalue weighted by Gasteiger charge is -2.62. The average Bonchev–Trinajstić information content (AvgIpc) is 2.42. The van der Waals surface area contributed by atoms with Crippen LogP contribution in [-0.2, 0) is 0 Å². The molecule has 3 heteroatoms. The van der Waals surface area contributed by atoms with E-state index >= 15 is 0 Å². The van der Waals surface area contributed by atoms with Crippen molar-refractivity contribution in [3.8, 4) is 0 Å². The molecule has 2 fully saturated rings. The molecule has 1 unspecified atom stereocenters. The van der Waals surface area contributed by atoms with Crippen LogP contribution in [0.3, 0.4) is 0 Å². The molecule has 2 nitrogen and oxygen atoms in total. The Bertz CT molecular complexity index is 455. The molecule has 5 atom stereocenters. The van der Waals surface area contributed by atoms with Crippen LogP contribution in [0.25, 0.3) is 0 Å². The Hall–Kier alpha value is 0.140. The zero-order chi connectivity index (χ0) is 17.5. The van der Waals surface area contributed by atoms with Gasteiger partial charge < -0.3 is 10.2 Å². The predicted molar refractivity (Wildman–Crippen MR) is 101 cm³/mol. The first kappa shape index (κ1) is 19.5. The summed E-state index contributed by atoms with van der Waals surface area (Å²) in [6.45, 7) is 11.5. The molecule has 0 saturated heterocycles. The van der Waals surface area contributed by atoms with E-state index in [9.17, 15) is 5.11 Å². The van der Waals surface area contributed by atoms with E-state index < -0.39 is 5.60 Å². The number of alkyl halides is 1. The molecular formula is C20H35BrO2. The van der Waals surface area contributed by atoms with Crippen LogP contribution in [0.2, 0.25) is 0 Å². The number of halogens is 1. The van der Waals surface area contributed by atoms with Crippen LogP contribution in [0.5, 0.6) is 0 Å². The third kappa shape index (κ3) is 3.57. The summed E-state index contributed by atoms with van der Waals surface area (Å²) in [5.74, 6) is 0.982. The van der Waals surface area contributed by atoms with E-state index in [1.807, 2.05) is 6.08 Å². The van der Waals surface area contributed by atoms with Crippen molar-refractivity contribution in [2.24, 2.45) is 22.7 Å². The minimum atomic E-state index is -0.569. The third-order valence-electron chi connectivity index (χ3n) is 7.19. The van der Waals surface area contributed by atoms with Gasteiger partial charge in [-0.1, -0.05) is 48.4 Å². The highest BCUT2D eigenvalue weighted by atomic mass is 79.9. The molecule has 0 amide bonds. The molecule has 134 valence electrons. The topological polar surface area (TPSA) is 40.5 Å². The molecule has 2 saturated carbocycles. The normalized spacial score (nSPS) is 44.0. The first-order valence-corrected chi connectivity index (χ1v) is 10.1. The monoisotopic (exact) mass is 386 g/mol. The number of hydrogen-bond donors (Lipinski definition) is 2. The quantitative estimate of drug-likeness (QED) is 0.522. The highest BCUT2D eigenvalue weighted by Crippen LogP contribution is 2.64. The van der Waals surface area contributed by atoms with Gasteiger partial charge in [0.25, 0.3) is 0 Å². The number of rotatable bonds is 4. The Labute approximate surface area is 150 Å². The second kappa shape index (κ2) is 6.80. The van der Waals surface area contributed by atoms with Gasteiger partial charge in [0.2, 0.25) is 0 Å². The van der Waals surface area contributed by atoms with E-state index in [1.165, 1.54) is 18.4 Å². The Morgan fingerprint density at radius 2 is 1.83 bits per heavy atom. The summed E-state index contributed by atoms with van der Waals surface area (Å²) in [5.41, 5.74) is 1.15. The van der Waals surface area contributed by atoms with Crippen LogP contribution in [0, 0.1) is 22.7 Å². The van der Waals surface area contributed by atoms with E-state index in [0.29, 0.717) is 16.7 Å². The molecule has 2 aliphatic rings. The number of aliphatic hydroxyl groups is 2. The molecule has 0 aliphatic heterocycles. The van der Waals surface area contributed by atoms with Gasteiger partial charge in [-0.05, 0) is 75.0 Å². The number of aliphatic hydroxyl groups excluding tert-OH is 1. The van der Waals surface area contributed by atoms with Crippen molar-refractivity contribution in [2.45, 2.75) is 83.6 Å². The van der Waals surface area contributed by atoms with E-state index in [0.717, 1.165) is 25.7 Å². The zero-order valence-corrected chi connectivity index (χ0v) is 17.1. The molecule has 23 heavy (non-hydrogen) atoms. The summed E-state index contributed by atoms with van der Waals surface area (Å²) in [6.07, 6.45) is 8.31.